The summed E-state index contributed by atoms with van der Waals surface area (Å²) in [6.07, 6.45) is 1.89. The first-order valence-electron chi connectivity index (χ1n) is 15.1. The number of imidazole rings is 1. The van der Waals surface area contributed by atoms with E-state index in [2.05, 4.69) is 82.7 Å². The highest BCUT2D eigenvalue weighted by atomic mass is 16.6. The van der Waals surface area contributed by atoms with Crippen molar-refractivity contribution in [2.75, 3.05) is 19.7 Å². The van der Waals surface area contributed by atoms with Crippen molar-refractivity contribution >= 4 is 17.1 Å². The van der Waals surface area contributed by atoms with E-state index in [1.165, 1.54) is 16.7 Å². The normalized spacial score (nSPS) is 14.7. The molecule has 1 aliphatic heterocycles. The van der Waals surface area contributed by atoms with Crippen molar-refractivity contribution in [3.8, 4) is 0 Å². The second-order valence-corrected chi connectivity index (χ2v) is 11.3. The van der Waals surface area contributed by atoms with Gasteiger partial charge in [-0.15, -0.1) is 0 Å². The molecule has 1 aromatic heterocycles. The van der Waals surface area contributed by atoms with Crippen molar-refractivity contribution in [3.05, 3.63) is 142 Å². The molecule has 7 nitrogen and oxygen atoms in total. The molecule has 1 amide bonds. The van der Waals surface area contributed by atoms with Crippen LogP contribution in [0.15, 0.2) is 120 Å². The molecular weight excluding hydrogens is 536 g/mol. The number of benzene rings is 4. The van der Waals surface area contributed by atoms with Gasteiger partial charge in [-0.05, 0) is 48.1 Å². The number of H-pyrrole nitrogens is 1. The minimum Gasteiger partial charge on any atom is -0.448 e. The first-order chi connectivity index (χ1) is 21.1. The Bertz CT molecular complexity index is 1620. The van der Waals surface area contributed by atoms with Gasteiger partial charge in [0.15, 0.2) is 0 Å². The number of nitrogens with zero attached hydrogens (tertiary/aromatic N) is 3. The zero-order chi connectivity index (χ0) is 29.4. The Morgan fingerprint density at radius 3 is 1.91 bits per heavy atom. The molecule has 0 unspecified atom stereocenters. The number of para-hydroxylation sites is 2. The fraction of sp³-hybridized carbons (Fsp3) is 0.278. The Balaban J connectivity index is 1.15. The fourth-order valence-corrected chi connectivity index (χ4v) is 6.13. The number of fused-ring (bicyclic) bond motifs is 1. The number of nitrogens with one attached hydrogen (secondary N) is 1. The zero-order valence-corrected chi connectivity index (χ0v) is 24.3. The Morgan fingerprint density at radius 1 is 0.767 bits per heavy atom. The monoisotopic (exact) mass is 574 g/mol. The van der Waals surface area contributed by atoms with Gasteiger partial charge in [0.25, 0.3) is 0 Å². The first-order valence-corrected chi connectivity index (χ1v) is 15.1. The SMILES string of the molecule is O=C(OC[C@@H](Cc1ccccc1)N(Cc1ccccc1)Cc1ccccc1)N1CCC(n2c(=O)[nH]c3ccccc32)CC1. The van der Waals surface area contributed by atoms with Gasteiger partial charge in [-0.3, -0.25) is 9.47 Å². The molecular formula is C36H38N4O3. The van der Waals surface area contributed by atoms with Gasteiger partial charge in [0.05, 0.1) is 11.0 Å². The Morgan fingerprint density at radius 2 is 1.30 bits per heavy atom. The number of amides is 1. The van der Waals surface area contributed by atoms with Crippen molar-refractivity contribution in [2.45, 2.75) is 44.4 Å². The molecule has 43 heavy (non-hydrogen) atoms. The number of carbonyl (C=O) groups excluding carboxylic acids is 1. The van der Waals surface area contributed by atoms with Gasteiger partial charge in [0.2, 0.25) is 0 Å². The van der Waals surface area contributed by atoms with Crippen molar-refractivity contribution in [3.63, 3.8) is 0 Å². The number of ether oxygens (including phenoxy) is 1. The fourth-order valence-electron chi connectivity index (χ4n) is 6.13. The zero-order valence-electron chi connectivity index (χ0n) is 24.3. The van der Waals surface area contributed by atoms with Crippen LogP contribution in [-0.2, 0) is 24.2 Å². The average Bonchev–Trinajstić information content (AvgIpc) is 3.39. The van der Waals surface area contributed by atoms with Crippen LogP contribution in [0, 0.1) is 0 Å². The lowest BCUT2D eigenvalue weighted by molar-refractivity contribution is 0.0518. The molecule has 1 N–H and O–H groups in total. The van der Waals surface area contributed by atoms with Crippen LogP contribution in [0.1, 0.15) is 35.6 Å². The van der Waals surface area contributed by atoms with Crippen molar-refractivity contribution in [1.82, 2.24) is 19.4 Å². The van der Waals surface area contributed by atoms with E-state index >= 15 is 0 Å². The summed E-state index contributed by atoms with van der Waals surface area (Å²) in [6, 6.07) is 39.1. The molecule has 5 aromatic rings. The van der Waals surface area contributed by atoms with Crippen LogP contribution in [0.5, 0.6) is 0 Å². The quantitative estimate of drug-likeness (QED) is 0.209. The Labute approximate surface area is 252 Å². The highest BCUT2D eigenvalue weighted by molar-refractivity contribution is 5.75. The molecule has 7 heteroatoms. The number of aromatic amines is 1. The first kappa shape index (κ1) is 28.5. The van der Waals surface area contributed by atoms with Crippen LogP contribution in [0.3, 0.4) is 0 Å². The number of hydrogen-bond donors (Lipinski definition) is 1. The third kappa shape index (κ3) is 7.07. The lowest BCUT2D eigenvalue weighted by Gasteiger charge is -2.34. The molecule has 0 saturated carbocycles. The molecule has 1 atom stereocenters. The summed E-state index contributed by atoms with van der Waals surface area (Å²) >= 11 is 0. The number of likely N-dealkylation sites (tertiary alicyclic amines) is 1. The van der Waals surface area contributed by atoms with E-state index in [4.69, 9.17) is 4.74 Å². The Hall–Kier alpha value is -4.62. The molecule has 0 radical (unpaired) electrons. The van der Waals surface area contributed by atoms with Gasteiger partial charge in [-0.25, -0.2) is 9.59 Å². The largest absolute Gasteiger partial charge is 0.448 e. The van der Waals surface area contributed by atoms with Crippen molar-refractivity contribution in [1.29, 1.82) is 0 Å². The standard InChI is InChI=1S/C36H38N4O3/c41-35-37-33-18-10-11-19-34(33)40(35)31-20-22-38(23-21-31)36(42)43-27-32(24-28-12-4-1-5-13-28)39(25-29-14-6-2-7-15-29)26-30-16-8-3-9-17-30/h1-19,31-32H,20-27H2,(H,37,41)/t32-/m1/s1. The van der Waals surface area contributed by atoms with E-state index in [9.17, 15) is 9.59 Å². The third-order valence-electron chi connectivity index (χ3n) is 8.40. The van der Waals surface area contributed by atoms with Crippen LogP contribution in [-0.4, -0.2) is 51.2 Å². The maximum absolute atomic E-state index is 13.4. The second kappa shape index (κ2) is 13.6. The summed E-state index contributed by atoms with van der Waals surface area (Å²) in [6.45, 7) is 2.88. The lowest BCUT2D eigenvalue weighted by atomic mass is 10.0. The van der Waals surface area contributed by atoms with E-state index in [0.717, 1.165) is 30.5 Å². The van der Waals surface area contributed by atoms with E-state index in [1.807, 2.05) is 47.0 Å². The molecule has 6 rings (SSSR count). The number of rotatable bonds is 10. The van der Waals surface area contributed by atoms with Crippen LogP contribution in [0.4, 0.5) is 4.79 Å². The maximum atomic E-state index is 13.4. The smallest absolute Gasteiger partial charge is 0.409 e. The van der Waals surface area contributed by atoms with Crippen LogP contribution >= 0.6 is 0 Å². The van der Waals surface area contributed by atoms with Crippen LogP contribution < -0.4 is 5.69 Å². The number of hydrogen-bond acceptors (Lipinski definition) is 4. The van der Waals surface area contributed by atoms with Crippen LogP contribution in [0.25, 0.3) is 11.0 Å². The van der Waals surface area contributed by atoms with E-state index in [0.29, 0.717) is 25.9 Å². The number of piperidine rings is 1. The van der Waals surface area contributed by atoms with Gasteiger partial charge in [0, 0.05) is 38.3 Å². The van der Waals surface area contributed by atoms with E-state index in [1.54, 1.807) is 4.90 Å². The highest BCUT2D eigenvalue weighted by Gasteiger charge is 2.28. The van der Waals surface area contributed by atoms with Gasteiger partial charge in [0.1, 0.15) is 6.61 Å². The highest BCUT2D eigenvalue weighted by Crippen LogP contribution is 2.25. The third-order valence-corrected chi connectivity index (χ3v) is 8.40. The van der Waals surface area contributed by atoms with Gasteiger partial charge in [-0.2, -0.15) is 0 Å². The summed E-state index contributed by atoms with van der Waals surface area (Å²) in [5, 5.41) is 0. The average molecular weight is 575 g/mol. The molecule has 4 aromatic carbocycles. The molecule has 0 spiro atoms. The van der Waals surface area contributed by atoms with Gasteiger partial charge >= 0.3 is 11.8 Å². The van der Waals surface area contributed by atoms with E-state index in [-0.39, 0.29) is 30.5 Å². The molecule has 220 valence electrons. The van der Waals surface area contributed by atoms with Crippen molar-refractivity contribution in [2.24, 2.45) is 0 Å². The topological polar surface area (TPSA) is 70.6 Å². The van der Waals surface area contributed by atoms with Crippen LogP contribution in [0.2, 0.25) is 0 Å². The molecule has 0 bridgehead atoms. The number of aromatic nitrogens is 2. The van der Waals surface area contributed by atoms with E-state index < -0.39 is 0 Å². The maximum Gasteiger partial charge on any atom is 0.409 e. The number of carbonyl (C=O) groups is 1. The van der Waals surface area contributed by atoms with Crippen molar-refractivity contribution < 1.29 is 9.53 Å². The minimum atomic E-state index is -0.290. The van der Waals surface area contributed by atoms with Gasteiger partial charge in [-0.1, -0.05) is 103 Å². The lowest BCUT2D eigenvalue weighted by Crippen LogP contribution is -2.44. The summed E-state index contributed by atoms with van der Waals surface area (Å²) in [5.74, 6) is 0. The Kier molecular flexibility index (Phi) is 8.99. The second-order valence-electron chi connectivity index (χ2n) is 11.3. The summed E-state index contributed by atoms with van der Waals surface area (Å²) in [4.78, 5) is 33.2. The molecule has 1 aliphatic rings. The molecule has 0 aliphatic carbocycles. The molecule has 1 saturated heterocycles. The molecule has 2 heterocycles. The summed E-state index contributed by atoms with van der Waals surface area (Å²) in [5.41, 5.74) is 5.31. The predicted octanol–water partition coefficient (Wildman–Crippen LogP) is 6.42. The van der Waals surface area contributed by atoms with Gasteiger partial charge < -0.3 is 14.6 Å². The predicted molar refractivity (Wildman–Crippen MR) is 170 cm³/mol. The summed E-state index contributed by atoms with van der Waals surface area (Å²) < 4.78 is 7.91. The molecule has 1 fully saturated rings. The summed E-state index contributed by atoms with van der Waals surface area (Å²) in [7, 11) is 0. The minimum absolute atomic E-state index is 0.0194.